The molecule has 0 aliphatic carbocycles. The zero-order valence-electron chi connectivity index (χ0n) is 12.7. The Labute approximate surface area is 193 Å². The number of aliphatic hydroxyl groups excluding tert-OH is 1. The summed E-state index contributed by atoms with van der Waals surface area (Å²) in [6, 6.07) is 10.2. The van der Waals surface area contributed by atoms with Crippen molar-refractivity contribution in [1.82, 2.24) is 5.32 Å². The van der Waals surface area contributed by atoms with E-state index in [2.05, 4.69) is 17.4 Å². The summed E-state index contributed by atoms with van der Waals surface area (Å²) in [5, 5.41) is 12.2. The molecule has 0 heterocycles. The summed E-state index contributed by atoms with van der Waals surface area (Å²) in [5.74, 6) is -1.55. The van der Waals surface area contributed by atoms with Gasteiger partial charge in [0.05, 0.1) is 0 Å². The van der Waals surface area contributed by atoms with Crippen LogP contribution in [0.2, 0.25) is 0 Å². The SMILES string of the molecule is O=P(O)(O)C(O)CCNCCCCc1ccccc1.O=[PH](O)O.[NaH].[NaH]. The zero-order chi connectivity index (χ0) is 17.7. The molecule has 8 nitrogen and oxygen atoms in total. The van der Waals surface area contributed by atoms with Crippen molar-refractivity contribution in [2.45, 2.75) is 31.5 Å². The van der Waals surface area contributed by atoms with Crippen molar-refractivity contribution in [3.05, 3.63) is 35.9 Å². The molecule has 1 unspecified atom stereocenters. The number of rotatable bonds is 9. The van der Waals surface area contributed by atoms with E-state index in [-0.39, 0.29) is 65.5 Å². The van der Waals surface area contributed by atoms with Gasteiger partial charge in [-0.2, -0.15) is 0 Å². The van der Waals surface area contributed by atoms with Crippen LogP contribution in [0.25, 0.3) is 0 Å². The van der Waals surface area contributed by atoms with Crippen LogP contribution in [0.15, 0.2) is 30.3 Å². The Kier molecular flexibility index (Phi) is 23.4. The second kappa shape index (κ2) is 18.8. The molecule has 0 radical (unpaired) electrons. The van der Waals surface area contributed by atoms with Gasteiger partial charge in [-0.05, 0) is 44.3 Å². The Balaban J connectivity index is -0.000000728. The predicted molar refractivity (Wildman–Crippen MR) is 103 cm³/mol. The number of benzene rings is 1. The number of unbranched alkanes of at least 4 members (excludes halogenated alkanes) is 1. The Morgan fingerprint density at radius 2 is 1.56 bits per heavy atom. The molecule has 0 bridgehead atoms. The molecule has 0 aliphatic rings. The zero-order valence-corrected chi connectivity index (χ0v) is 14.6. The third-order valence-corrected chi connectivity index (χ3v) is 3.91. The number of aryl methyl sites for hydroxylation is 1. The number of aliphatic hydroxyl groups is 1. The summed E-state index contributed by atoms with van der Waals surface area (Å²) in [6.45, 7) is 1.21. The average molecular weight is 417 g/mol. The van der Waals surface area contributed by atoms with E-state index in [0.717, 1.165) is 25.8 Å². The van der Waals surface area contributed by atoms with Gasteiger partial charge in [0, 0.05) is 0 Å². The molecule has 6 N–H and O–H groups in total. The van der Waals surface area contributed by atoms with Gasteiger partial charge in [0.2, 0.25) is 0 Å². The molecule has 25 heavy (non-hydrogen) atoms. The van der Waals surface area contributed by atoms with E-state index in [1.807, 2.05) is 18.2 Å². The molecule has 0 aliphatic heterocycles. The van der Waals surface area contributed by atoms with Crippen molar-refractivity contribution >= 4 is 75.0 Å². The normalized spacial score (nSPS) is 11.6. The fourth-order valence-corrected chi connectivity index (χ4v) is 2.21. The molecule has 0 amide bonds. The van der Waals surface area contributed by atoms with Gasteiger partial charge >= 0.3 is 75.0 Å². The summed E-state index contributed by atoms with van der Waals surface area (Å²) < 4.78 is 19.4. The molecular weight excluding hydrogens is 390 g/mol. The molecule has 0 saturated heterocycles. The fraction of sp³-hybridized carbons (Fsp3) is 0.538. The van der Waals surface area contributed by atoms with Gasteiger partial charge in [-0.15, -0.1) is 0 Å². The molecule has 12 heteroatoms. The first-order valence-electron chi connectivity index (χ1n) is 7.13. The maximum atomic E-state index is 10.7. The molecule has 0 fully saturated rings. The first-order valence-corrected chi connectivity index (χ1v) is 10.1. The van der Waals surface area contributed by atoms with Crippen LogP contribution in [0.5, 0.6) is 0 Å². The molecule has 0 saturated carbocycles. The van der Waals surface area contributed by atoms with E-state index >= 15 is 0 Å². The number of hydrogen-bond acceptors (Lipinski definition) is 4. The molecule has 0 aromatic heterocycles. The van der Waals surface area contributed by atoms with Crippen molar-refractivity contribution < 1.29 is 33.8 Å². The van der Waals surface area contributed by atoms with Gasteiger partial charge in [0.15, 0.2) is 5.85 Å². The van der Waals surface area contributed by atoms with Crippen molar-refractivity contribution in [3.8, 4) is 0 Å². The summed E-state index contributed by atoms with van der Waals surface area (Å²) in [4.78, 5) is 31.7. The van der Waals surface area contributed by atoms with E-state index in [4.69, 9.17) is 29.2 Å². The van der Waals surface area contributed by atoms with E-state index in [1.165, 1.54) is 5.56 Å². The fourth-order valence-electron chi connectivity index (χ4n) is 1.75. The van der Waals surface area contributed by atoms with Crippen molar-refractivity contribution in [1.29, 1.82) is 0 Å². The molecule has 1 atom stereocenters. The monoisotopic (exact) mass is 417 g/mol. The van der Waals surface area contributed by atoms with Gasteiger partial charge in [-0.3, -0.25) is 9.13 Å². The van der Waals surface area contributed by atoms with Gasteiger partial charge in [0.25, 0.3) is 0 Å². The van der Waals surface area contributed by atoms with Crippen LogP contribution >= 0.6 is 15.9 Å². The molecule has 1 rings (SSSR count). The summed E-state index contributed by atoms with van der Waals surface area (Å²) in [5.41, 5.74) is 1.32. The molecule has 1 aromatic carbocycles. The number of hydrogen-bond donors (Lipinski definition) is 6. The van der Waals surface area contributed by atoms with Crippen molar-refractivity contribution in [3.63, 3.8) is 0 Å². The van der Waals surface area contributed by atoms with Crippen LogP contribution in [0.1, 0.15) is 24.8 Å². The van der Waals surface area contributed by atoms with Crippen LogP contribution in [0.4, 0.5) is 0 Å². The molecule has 1 aromatic rings. The summed E-state index contributed by atoms with van der Waals surface area (Å²) in [6.07, 6.45) is 3.18. The van der Waals surface area contributed by atoms with Crippen LogP contribution in [-0.2, 0) is 15.6 Å². The Hall–Kier alpha value is 1.44. The van der Waals surface area contributed by atoms with Gasteiger partial charge in [-0.1, -0.05) is 30.3 Å². The van der Waals surface area contributed by atoms with Gasteiger partial charge in [-0.25, -0.2) is 0 Å². The van der Waals surface area contributed by atoms with E-state index in [1.54, 1.807) is 0 Å². The molecule has 0 spiro atoms. The Morgan fingerprint density at radius 3 is 2.04 bits per heavy atom. The third kappa shape index (κ3) is 21.6. The summed E-state index contributed by atoms with van der Waals surface area (Å²) in [7, 11) is -7.47. The van der Waals surface area contributed by atoms with Crippen molar-refractivity contribution in [2.75, 3.05) is 13.1 Å². The minimum absolute atomic E-state index is 0. The quantitative estimate of drug-likeness (QED) is 0.180. The average Bonchev–Trinajstić information content (AvgIpc) is 2.45. The Morgan fingerprint density at radius 1 is 1.04 bits per heavy atom. The second-order valence-electron chi connectivity index (χ2n) is 4.83. The van der Waals surface area contributed by atoms with Crippen LogP contribution in [-0.4, -0.2) is 103 Å². The van der Waals surface area contributed by atoms with Crippen LogP contribution in [0.3, 0.4) is 0 Å². The Bertz CT molecular complexity index is 487. The predicted octanol–water partition coefficient (Wildman–Crippen LogP) is -0.451. The van der Waals surface area contributed by atoms with E-state index < -0.39 is 21.7 Å². The summed E-state index contributed by atoms with van der Waals surface area (Å²) >= 11 is 0. The molecule has 138 valence electrons. The third-order valence-electron chi connectivity index (χ3n) is 2.88. The minimum atomic E-state index is -4.34. The topological polar surface area (TPSA) is 147 Å². The number of nitrogens with one attached hydrogen (secondary N) is 1. The standard InChI is InChI=1S/C13H22NO4P.2Na.H3O3P.2H/c15-13(19(16,17)18)9-11-14-10-5-4-8-12-6-2-1-3-7-12;;;1-4(2)3;;/h1-3,6-7,13-15H,4-5,8-11H2,(H2,16,17,18);;;4H,(H2,1,2,3);;. The van der Waals surface area contributed by atoms with Gasteiger partial charge in [0.1, 0.15) is 0 Å². The van der Waals surface area contributed by atoms with Crippen LogP contribution in [0, 0.1) is 0 Å². The molecular formula is C13H27NNa2O7P2. The first kappa shape index (κ1) is 31.1. The first-order chi connectivity index (χ1) is 10.7. The second-order valence-corrected chi connectivity index (χ2v) is 7.17. The van der Waals surface area contributed by atoms with E-state index in [0.29, 0.717) is 6.54 Å². The van der Waals surface area contributed by atoms with Crippen molar-refractivity contribution in [2.24, 2.45) is 0 Å². The van der Waals surface area contributed by atoms with E-state index in [9.17, 15) is 4.57 Å². The van der Waals surface area contributed by atoms with Crippen LogP contribution < -0.4 is 5.32 Å². The van der Waals surface area contributed by atoms with Gasteiger partial charge < -0.3 is 30.0 Å². The maximum absolute atomic E-state index is 10.7.